The highest BCUT2D eigenvalue weighted by molar-refractivity contribution is 5.85. The quantitative estimate of drug-likeness (QED) is 0.738. The van der Waals surface area contributed by atoms with Crippen molar-refractivity contribution in [2.45, 2.75) is 13.1 Å². The monoisotopic (exact) mass is 426 g/mol. The van der Waals surface area contributed by atoms with Crippen LogP contribution in [0.25, 0.3) is 0 Å². The number of nitrogens with zero attached hydrogens (tertiary/aromatic N) is 3. The number of amides is 3. The summed E-state index contributed by atoms with van der Waals surface area (Å²) in [5, 5.41) is 2.87. The molecule has 0 bridgehead atoms. The molecular formula is C23H27FN4O3. The molecule has 0 aromatic heterocycles. The normalized spacial score (nSPS) is 16.7. The van der Waals surface area contributed by atoms with E-state index in [4.69, 9.17) is 4.74 Å². The van der Waals surface area contributed by atoms with Crippen LogP contribution in [0.3, 0.4) is 0 Å². The highest BCUT2D eigenvalue weighted by Gasteiger charge is 2.30. The van der Waals surface area contributed by atoms with Gasteiger partial charge in [-0.25, -0.2) is 9.18 Å². The molecule has 0 unspecified atom stereocenters. The molecule has 1 N–H and O–H groups in total. The Labute approximate surface area is 181 Å². The molecule has 2 aromatic carbocycles. The van der Waals surface area contributed by atoms with Gasteiger partial charge in [-0.15, -0.1) is 0 Å². The van der Waals surface area contributed by atoms with Gasteiger partial charge in [-0.05, 0) is 23.8 Å². The molecule has 4 rings (SSSR count). The molecule has 2 fully saturated rings. The number of carbonyl (C=O) groups is 2. The standard InChI is InChI=1S/C23H27FN4O3/c24-21-4-2-1-3-19(21)16-27-9-10-28(23(27)30)17-22(29)25-15-18-5-7-20(8-6-18)26-11-13-31-14-12-26/h1-8H,9-17H2,(H,25,29). The SMILES string of the molecule is O=C(CN1CCN(Cc2ccccc2F)C1=O)NCc1ccc(N2CCOCC2)cc1. The summed E-state index contributed by atoms with van der Waals surface area (Å²) in [4.78, 5) is 30.2. The number of hydrogen-bond donors (Lipinski definition) is 1. The summed E-state index contributed by atoms with van der Waals surface area (Å²) in [6.07, 6.45) is 0. The van der Waals surface area contributed by atoms with E-state index >= 15 is 0 Å². The van der Waals surface area contributed by atoms with Crippen molar-refractivity contribution in [3.63, 3.8) is 0 Å². The van der Waals surface area contributed by atoms with Gasteiger partial charge in [-0.3, -0.25) is 4.79 Å². The lowest BCUT2D eigenvalue weighted by atomic mass is 10.2. The number of nitrogens with one attached hydrogen (secondary N) is 1. The summed E-state index contributed by atoms with van der Waals surface area (Å²) in [7, 11) is 0. The van der Waals surface area contributed by atoms with Crippen LogP contribution in [-0.4, -0.2) is 67.7 Å². The summed E-state index contributed by atoms with van der Waals surface area (Å²) in [5.41, 5.74) is 2.62. The number of ether oxygens (including phenoxy) is 1. The minimum Gasteiger partial charge on any atom is -0.378 e. The molecule has 8 heteroatoms. The van der Waals surface area contributed by atoms with Crippen molar-refractivity contribution in [2.75, 3.05) is 50.8 Å². The van der Waals surface area contributed by atoms with Crippen molar-refractivity contribution in [3.8, 4) is 0 Å². The van der Waals surface area contributed by atoms with Crippen molar-refractivity contribution < 1.29 is 18.7 Å². The molecule has 2 aromatic rings. The van der Waals surface area contributed by atoms with Gasteiger partial charge in [-0.1, -0.05) is 30.3 Å². The van der Waals surface area contributed by atoms with Crippen LogP contribution in [0.4, 0.5) is 14.9 Å². The van der Waals surface area contributed by atoms with Crippen LogP contribution in [0.2, 0.25) is 0 Å². The van der Waals surface area contributed by atoms with Crippen LogP contribution in [0.15, 0.2) is 48.5 Å². The Morgan fingerprint density at radius 1 is 0.968 bits per heavy atom. The van der Waals surface area contributed by atoms with Crippen LogP contribution in [0, 0.1) is 5.82 Å². The molecule has 0 atom stereocenters. The number of anilines is 1. The van der Waals surface area contributed by atoms with Gasteiger partial charge in [0.25, 0.3) is 0 Å². The lowest BCUT2D eigenvalue weighted by Crippen LogP contribution is -2.39. The summed E-state index contributed by atoms with van der Waals surface area (Å²) in [5.74, 6) is -0.538. The van der Waals surface area contributed by atoms with Crippen LogP contribution >= 0.6 is 0 Å². The van der Waals surface area contributed by atoms with E-state index in [-0.39, 0.29) is 30.8 Å². The number of morpholine rings is 1. The van der Waals surface area contributed by atoms with Gasteiger partial charge < -0.3 is 24.8 Å². The van der Waals surface area contributed by atoms with Crippen molar-refractivity contribution >= 4 is 17.6 Å². The highest BCUT2D eigenvalue weighted by atomic mass is 19.1. The predicted molar refractivity (Wildman–Crippen MR) is 115 cm³/mol. The first-order valence-electron chi connectivity index (χ1n) is 10.6. The van der Waals surface area contributed by atoms with Crippen molar-refractivity contribution in [1.82, 2.24) is 15.1 Å². The number of carbonyl (C=O) groups excluding carboxylic acids is 2. The van der Waals surface area contributed by atoms with Gasteiger partial charge in [-0.2, -0.15) is 0 Å². The number of urea groups is 1. The van der Waals surface area contributed by atoms with E-state index in [1.807, 2.05) is 12.1 Å². The molecule has 2 heterocycles. The van der Waals surface area contributed by atoms with Crippen LogP contribution in [-0.2, 0) is 22.6 Å². The van der Waals surface area contributed by atoms with Crippen molar-refractivity contribution in [3.05, 3.63) is 65.5 Å². The van der Waals surface area contributed by atoms with Gasteiger partial charge >= 0.3 is 6.03 Å². The number of hydrogen-bond acceptors (Lipinski definition) is 4. The molecule has 0 aliphatic carbocycles. The molecule has 164 valence electrons. The minimum atomic E-state index is -0.328. The molecule has 0 spiro atoms. The Hall–Kier alpha value is -3.13. The third kappa shape index (κ3) is 5.32. The first-order chi connectivity index (χ1) is 15.1. The zero-order valence-corrected chi connectivity index (χ0v) is 17.4. The molecule has 31 heavy (non-hydrogen) atoms. The maximum atomic E-state index is 13.8. The van der Waals surface area contributed by atoms with E-state index in [0.29, 0.717) is 25.2 Å². The molecule has 2 aliphatic rings. The summed E-state index contributed by atoms with van der Waals surface area (Å²) >= 11 is 0. The van der Waals surface area contributed by atoms with E-state index < -0.39 is 0 Å². The fourth-order valence-electron chi connectivity index (χ4n) is 3.83. The second kappa shape index (κ2) is 9.78. The zero-order valence-electron chi connectivity index (χ0n) is 17.4. The molecule has 2 aliphatic heterocycles. The Bertz CT molecular complexity index is 915. The third-order valence-corrected chi connectivity index (χ3v) is 5.64. The lowest BCUT2D eigenvalue weighted by Gasteiger charge is -2.28. The maximum Gasteiger partial charge on any atom is 0.320 e. The number of rotatable bonds is 7. The number of benzene rings is 2. The Morgan fingerprint density at radius 2 is 1.68 bits per heavy atom. The van der Waals surface area contributed by atoms with Crippen LogP contribution in [0.5, 0.6) is 0 Å². The first kappa shape index (κ1) is 21.1. The van der Waals surface area contributed by atoms with E-state index in [2.05, 4.69) is 22.3 Å². The van der Waals surface area contributed by atoms with E-state index in [1.54, 1.807) is 23.1 Å². The van der Waals surface area contributed by atoms with Crippen molar-refractivity contribution in [1.29, 1.82) is 0 Å². The Morgan fingerprint density at radius 3 is 2.42 bits per heavy atom. The topological polar surface area (TPSA) is 65.1 Å². The number of halogens is 1. The van der Waals surface area contributed by atoms with Crippen LogP contribution < -0.4 is 10.2 Å². The zero-order chi connectivity index (χ0) is 21.6. The fraction of sp³-hybridized carbons (Fsp3) is 0.391. The fourth-order valence-corrected chi connectivity index (χ4v) is 3.83. The van der Waals surface area contributed by atoms with Gasteiger partial charge in [0.05, 0.1) is 19.8 Å². The third-order valence-electron chi connectivity index (χ3n) is 5.64. The lowest BCUT2D eigenvalue weighted by molar-refractivity contribution is -0.121. The molecule has 0 radical (unpaired) electrons. The average Bonchev–Trinajstić information content (AvgIpc) is 3.14. The molecule has 0 saturated carbocycles. The minimum absolute atomic E-state index is 0.00152. The second-order valence-electron chi connectivity index (χ2n) is 7.76. The largest absolute Gasteiger partial charge is 0.378 e. The van der Waals surface area contributed by atoms with Gasteiger partial charge in [0.2, 0.25) is 5.91 Å². The Balaban J connectivity index is 1.23. The Kier molecular flexibility index (Phi) is 6.66. The highest BCUT2D eigenvalue weighted by Crippen LogP contribution is 2.17. The van der Waals surface area contributed by atoms with Crippen molar-refractivity contribution in [2.24, 2.45) is 0 Å². The molecule has 3 amide bonds. The van der Waals surface area contributed by atoms with Gasteiger partial charge in [0.15, 0.2) is 0 Å². The van der Waals surface area contributed by atoms with E-state index in [0.717, 1.165) is 37.6 Å². The van der Waals surface area contributed by atoms with Gasteiger partial charge in [0.1, 0.15) is 12.4 Å². The van der Waals surface area contributed by atoms with E-state index in [1.165, 1.54) is 11.0 Å². The summed E-state index contributed by atoms with van der Waals surface area (Å²) < 4.78 is 19.2. The van der Waals surface area contributed by atoms with Crippen LogP contribution in [0.1, 0.15) is 11.1 Å². The predicted octanol–water partition coefficient (Wildman–Crippen LogP) is 2.22. The molecular weight excluding hydrogens is 399 g/mol. The second-order valence-corrected chi connectivity index (χ2v) is 7.76. The average molecular weight is 426 g/mol. The first-order valence-corrected chi connectivity index (χ1v) is 10.6. The molecule has 2 saturated heterocycles. The molecule has 7 nitrogen and oxygen atoms in total. The van der Waals surface area contributed by atoms with E-state index in [9.17, 15) is 14.0 Å². The van der Waals surface area contributed by atoms with Gasteiger partial charge in [0, 0.05) is 44.0 Å². The smallest absolute Gasteiger partial charge is 0.320 e. The summed E-state index contributed by atoms with van der Waals surface area (Å²) in [6.45, 7) is 4.79. The summed E-state index contributed by atoms with van der Waals surface area (Å²) in [6, 6.07) is 14.3. The maximum absolute atomic E-state index is 13.8.